The molecule has 148 valence electrons. The molecule has 2 N–H and O–H groups in total. The van der Waals surface area contributed by atoms with Gasteiger partial charge in [-0.1, -0.05) is 78.9 Å². The minimum Gasteiger partial charge on any atom is -0.361 e. The fourth-order valence-electron chi connectivity index (χ4n) is 3.77. The number of hydrogen-bond acceptors (Lipinski definition) is 4. The molecule has 1 atom stereocenters. The molecule has 30 heavy (non-hydrogen) atoms. The fraction of sp³-hybridized carbons (Fsp3) is 0.125. The zero-order valence-electron chi connectivity index (χ0n) is 16.4. The molecule has 2 aromatic heterocycles. The number of rotatable bonds is 7. The average Bonchev–Trinajstić information content (AvgIpc) is 3.43. The number of aromatic amines is 1. The fourth-order valence-corrected chi connectivity index (χ4v) is 3.77. The Morgan fingerprint density at radius 1 is 0.867 bits per heavy atom. The van der Waals surface area contributed by atoms with Crippen molar-refractivity contribution >= 4 is 10.9 Å². The van der Waals surface area contributed by atoms with E-state index in [1.165, 1.54) is 10.9 Å². The largest absolute Gasteiger partial charge is 0.361 e. The van der Waals surface area contributed by atoms with Crippen LogP contribution in [0, 0.1) is 0 Å². The van der Waals surface area contributed by atoms with Crippen LogP contribution in [0.25, 0.3) is 10.9 Å². The second-order valence-electron chi connectivity index (χ2n) is 7.26. The minimum atomic E-state index is -0.119. The zero-order valence-corrected chi connectivity index (χ0v) is 16.4. The van der Waals surface area contributed by atoms with Crippen LogP contribution in [-0.2, 0) is 13.1 Å². The van der Waals surface area contributed by atoms with Crippen LogP contribution in [0.1, 0.15) is 28.6 Å². The number of nitrogens with one attached hydrogen (secondary N) is 2. The van der Waals surface area contributed by atoms with E-state index >= 15 is 0 Å². The van der Waals surface area contributed by atoms with Gasteiger partial charge in [0.1, 0.15) is 0 Å². The van der Waals surface area contributed by atoms with E-state index in [4.69, 9.17) is 0 Å². The van der Waals surface area contributed by atoms with E-state index in [0.717, 1.165) is 29.0 Å². The molecule has 3 aromatic carbocycles. The van der Waals surface area contributed by atoms with Gasteiger partial charge < -0.3 is 4.98 Å². The Kier molecular flexibility index (Phi) is 5.06. The number of para-hydroxylation sites is 1. The number of H-pyrrole nitrogens is 1. The lowest BCUT2D eigenvalue weighted by molar-refractivity contribution is 0.526. The van der Waals surface area contributed by atoms with Crippen molar-refractivity contribution in [2.45, 2.75) is 19.1 Å². The maximum atomic E-state index is 4.39. The lowest BCUT2D eigenvalue weighted by atomic mass is 10.1. The van der Waals surface area contributed by atoms with Gasteiger partial charge in [0.05, 0.1) is 12.6 Å². The first-order valence-electron chi connectivity index (χ1n) is 10.0. The van der Waals surface area contributed by atoms with E-state index in [-0.39, 0.29) is 6.04 Å². The summed E-state index contributed by atoms with van der Waals surface area (Å²) in [6.45, 7) is 1.32. The summed E-state index contributed by atoms with van der Waals surface area (Å²) in [5, 5.41) is 17.5. The molecule has 0 aliphatic heterocycles. The smallest absolute Gasteiger partial charge is 0.173 e. The zero-order chi connectivity index (χ0) is 20.2. The van der Waals surface area contributed by atoms with Gasteiger partial charge in [-0.2, -0.15) is 0 Å². The summed E-state index contributed by atoms with van der Waals surface area (Å²) in [7, 11) is 0. The van der Waals surface area contributed by atoms with Gasteiger partial charge in [0.2, 0.25) is 0 Å². The summed E-state index contributed by atoms with van der Waals surface area (Å²) in [6, 6.07) is 28.8. The van der Waals surface area contributed by atoms with E-state index in [1.54, 1.807) is 0 Å². The van der Waals surface area contributed by atoms with Crippen LogP contribution in [0.2, 0.25) is 0 Å². The lowest BCUT2D eigenvalue weighted by Gasteiger charge is -2.19. The molecule has 2 heterocycles. The highest BCUT2D eigenvalue weighted by Crippen LogP contribution is 2.23. The highest BCUT2D eigenvalue weighted by Gasteiger charge is 2.21. The third kappa shape index (κ3) is 3.73. The van der Waals surface area contributed by atoms with Gasteiger partial charge in [0.15, 0.2) is 5.82 Å². The summed E-state index contributed by atoms with van der Waals surface area (Å²) in [5.41, 5.74) is 4.62. The lowest BCUT2D eigenvalue weighted by Crippen LogP contribution is -2.26. The SMILES string of the molecule is c1ccc(CNC(c2ccccc2)c2nnnn2Cc2c[nH]c3ccccc23)cc1. The Labute approximate surface area is 174 Å². The van der Waals surface area contributed by atoms with Crippen molar-refractivity contribution in [3.05, 3.63) is 114 Å². The first-order chi connectivity index (χ1) is 14.9. The molecule has 0 spiro atoms. The Balaban J connectivity index is 1.47. The average molecular weight is 394 g/mol. The molecular weight excluding hydrogens is 372 g/mol. The van der Waals surface area contributed by atoms with Gasteiger partial charge in [-0.25, -0.2) is 4.68 Å². The summed E-state index contributed by atoms with van der Waals surface area (Å²) in [4.78, 5) is 3.33. The number of fused-ring (bicyclic) bond motifs is 1. The number of tetrazole rings is 1. The van der Waals surface area contributed by atoms with Crippen LogP contribution >= 0.6 is 0 Å². The van der Waals surface area contributed by atoms with Gasteiger partial charge in [-0.05, 0) is 33.2 Å². The maximum Gasteiger partial charge on any atom is 0.173 e. The van der Waals surface area contributed by atoms with Crippen molar-refractivity contribution in [2.75, 3.05) is 0 Å². The Morgan fingerprint density at radius 2 is 1.60 bits per heavy atom. The second-order valence-corrected chi connectivity index (χ2v) is 7.26. The summed E-state index contributed by atoms with van der Waals surface area (Å²) >= 11 is 0. The van der Waals surface area contributed by atoms with Gasteiger partial charge in [0.25, 0.3) is 0 Å². The van der Waals surface area contributed by atoms with Crippen LogP contribution in [0.5, 0.6) is 0 Å². The standard InChI is InChI=1S/C24H22N6/c1-3-9-18(10-4-1)15-26-23(19-11-5-2-6-12-19)24-27-28-29-30(24)17-20-16-25-22-14-8-7-13-21(20)22/h1-14,16,23,25-26H,15,17H2. The van der Waals surface area contributed by atoms with Gasteiger partial charge in [-0.15, -0.1) is 5.10 Å². The van der Waals surface area contributed by atoms with Crippen LogP contribution < -0.4 is 5.32 Å². The summed E-state index contributed by atoms with van der Waals surface area (Å²) in [5.74, 6) is 0.794. The van der Waals surface area contributed by atoms with Crippen molar-refractivity contribution < 1.29 is 0 Å². The van der Waals surface area contributed by atoms with Crippen LogP contribution in [0.4, 0.5) is 0 Å². The van der Waals surface area contributed by atoms with E-state index in [2.05, 4.69) is 74.4 Å². The third-order valence-electron chi connectivity index (χ3n) is 5.30. The van der Waals surface area contributed by atoms with Gasteiger partial charge in [0, 0.05) is 23.6 Å². The molecule has 0 saturated heterocycles. The quantitative estimate of drug-likeness (QED) is 0.436. The van der Waals surface area contributed by atoms with Crippen molar-refractivity contribution in [3.63, 3.8) is 0 Å². The van der Waals surface area contributed by atoms with Crippen molar-refractivity contribution in [1.29, 1.82) is 0 Å². The van der Waals surface area contributed by atoms with Gasteiger partial charge >= 0.3 is 0 Å². The molecule has 5 rings (SSSR count). The Bertz CT molecular complexity index is 1230. The second kappa shape index (κ2) is 8.31. The molecule has 0 aliphatic rings. The molecule has 5 aromatic rings. The minimum absolute atomic E-state index is 0.119. The van der Waals surface area contributed by atoms with E-state index in [9.17, 15) is 0 Å². The van der Waals surface area contributed by atoms with E-state index in [0.29, 0.717) is 6.54 Å². The third-order valence-corrected chi connectivity index (χ3v) is 5.30. The molecule has 0 bridgehead atoms. The highest BCUT2D eigenvalue weighted by molar-refractivity contribution is 5.83. The van der Waals surface area contributed by atoms with Gasteiger partial charge in [-0.3, -0.25) is 5.32 Å². The van der Waals surface area contributed by atoms with Crippen molar-refractivity contribution in [1.82, 2.24) is 30.5 Å². The molecule has 6 nitrogen and oxygen atoms in total. The first-order valence-corrected chi connectivity index (χ1v) is 10.0. The van der Waals surface area contributed by atoms with E-state index in [1.807, 2.05) is 47.3 Å². The number of benzene rings is 3. The van der Waals surface area contributed by atoms with Crippen LogP contribution in [-0.4, -0.2) is 25.2 Å². The molecule has 0 amide bonds. The van der Waals surface area contributed by atoms with Crippen LogP contribution in [0.3, 0.4) is 0 Å². The predicted octanol–water partition coefficient (Wildman–Crippen LogP) is 4.08. The Morgan fingerprint density at radius 3 is 2.43 bits per heavy atom. The van der Waals surface area contributed by atoms with Crippen molar-refractivity contribution in [3.8, 4) is 0 Å². The van der Waals surface area contributed by atoms with E-state index < -0.39 is 0 Å². The molecule has 6 heteroatoms. The monoisotopic (exact) mass is 394 g/mol. The molecule has 0 fully saturated rings. The molecule has 1 unspecified atom stereocenters. The van der Waals surface area contributed by atoms with Crippen LogP contribution in [0.15, 0.2) is 91.1 Å². The van der Waals surface area contributed by atoms with Crippen molar-refractivity contribution in [2.24, 2.45) is 0 Å². The topological polar surface area (TPSA) is 71.4 Å². The normalized spacial score (nSPS) is 12.3. The predicted molar refractivity (Wildman–Crippen MR) is 117 cm³/mol. The summed E-state index contributed by atoms with van der Waals surface area (Å²) < 4.78 is 1.88. The first kappa shape index (κ1) is 18.3. The number of hydrogen-bond donors (Lipinski definition) is 2. The summed E-state index contributed by atoms with van der Waals surface area (Å²) in [6.07, 6.45) is 2.03. The molecule has 0 aliphatic carbocycles. The Hall–Kier alpha value is -3.77. The number of nitrogens with zero attached hydrogens (tertiary/aromatic N) is 4. The molecule has 0 radical (unpaired) electrons. The highest BCUT2D eigenvalue weighted by atomic mass is 15.5. The molecular formula is C24H22N6. The maximum absolute atomic E-state index is 4.39. The number of aromatic nitrogens is 5. The molecule has 0 saturated carbocycles.